The van der Waals surface area contributed by atoms with Crippen molar-refractivity contribution < 1.29 is 4.43 Å². The lowest BCUT2D eigenvalue weighted by molar-refractivity contribution is 0.349. The number of hydrogen-bond donors (Lipinski definition) is 0. The quantitative estimate of drug-likeness (QED) is 0.107. The summed E-state index contributed by atoms with van der Waals surface area (Å²) in [5, 5.41) is 0. The minimum absolute atomic E-state index is 0.840. The third kappa shape index (κ3) is 22.1. The van der Waals surface area contributed by atoms with Crippen molar-refractivity contribution in [1.82, 2.24) is 0 Å². The van der Waals surface area contributed by atoms with Gasteiger partial charge in [0.2, 0.25) is 0 Å². The normalized spacial score (nSPS) is 12.3. The molecule has 0 atom stereocenters. The Hall–Kier alpha value is -0.0831. The maximum atomic E-state index is 6.22. The number of unbranched alkanes of at least 4 members (excludes halogenated alkanes) is 15. The molecule has 0 saturated carbocycles. The Kier molecular flexibility index (Phi) is 20.6. The maximum Gasteiger partial charge on any atom is 0.187 e. The Labute approximate surface area is 173 Å². The maximum absolute atomic E-state index is 6.22. The minimum Gasteiger partial charge on any atom is -0.414 e. The highest BCUT2D eigenvalue weighted by Crippen LogP contribution is 2.18. The summed E-state index contributed by atoms with van der Waals surface area (Å²) >= 11 is 0. The number of hydrogen-bond acceptors (Lipinski definition) is 1. The van der Waals surface area contributed by atoms with Crippen LogP contribution in [0.15, 0.2) is 12.2 Å². The first-order valence-electron chi connectivity index (χ1n) is 12.4. The molecule has 0 spiro atoms. The van der Waals surface area contributed by atoms with Crippen LogP contribution in [0.1, 0.15) is 123 Å². The molecule has 0 heterocycles. The van der Waals surface area contributed by atoms with Crippen LogP contribution in [0.4, 0.5) is 0 Å². The zero-order valence-electron chi connectivity index (χ0n) is 19.5. The van der Waals surface area contributed by atoms with Crippen molar-refractivity contribution in [1.29, 1.82) is 0 Å². The summed E-state index contributed by atoms with van der Waals surface area (Å²) < 4.78 is 6.22. The summed E-state index contributed by atoms with van der Waals surface area (Å²) in [6, 6.07) is 1.33. The fourth-order valence-electron chi connectivity index (χ4n) is 3.61. The summed E-state index contributed by atoms with van der Waals surface area (Å²) in [5.74, 6) is 0. The average molecular weight is 397 g/mol. The Balaban J connectivity index is 3.41. The lowest BCUT2D eigenvalue weighted by atomic mass is 10.1. The van der Waals surface area contributed by atoms with Crippen molar-refractivity contribution in [2.45, 2.75) is 142 Å². The molecule has 162 valence electrons. The highest BCUT2D eigenvalue weighted by atomic mass is 28.4. The summed E-state index contributed by atoms with van der Waals surface area (Å²) in [5.41, 5.74) is 0. The molecule has 2 heteroatoms. The van der Waals surface area contributed by atoms with Gasteiger partial charge in [0.15, 0.2) is 8.32 Å². The van der Waals surface area contributed by atoms with Gasteiger partial charge in [0.25, 0.3) is 0 Å². The van der Waals surface area contributed by atoms with Gasteiger partial charge in [-0.05, 0) is 32.0 Å². The summed E-state index contributed by atoms with van der Waals surface area (Å²) in [6.45, 7) is 10.2. The Morgan fingerprint density at radius 1 is 0.556 bits per heavy atom. The molecule has 0 N–H and O–H groups in total. The van der Waals surface area contributed by atoms with E-state index in [1.807, 2.05) is 0 Å². The van der Waals surface area contributed by atoms with E-state index in [4.69, 9.17) is 4.43 Å². The average Bonchev–Trinajstić information content (AvgIpc) is 2.64. The molecule has 0 unspecified atom stereocenters. The van der Waals surface area contributed by atoms with E-state index in [0.29, 0.717) is 0 Å². The van der Waals surface area contributed by atoms with Gasteiger partial charge in [-0.2, -0.15) is 0 Å². The molecule has 0 saturated heterocycles. The minimum atomic E-state index is -1.44. The molecule has 0 aromatic carbocycles. The molecule has 0 aliphatic heterocycles. The molecular weight excluding hydrogens is 344 g/mol. The monoisotopic (exact) mass is 396 g/mol. The predicted octanol–water partition coefficient (Wildman–Crippen LogP) is 9.44. The molecule has 0 radical (unpaired) electrons. The molecule has 0 aliphatic carbocycles. The van der Waals surface area contributed by atoms with Crippen LogP contribution >= 0.6 is 0 Å². The zero-order chi connectivity index (χ0) is 20.1. The summed E-state index contributed by atoms with van der Waals surface area (Å²) in [4.78, 5) is 0. The molecule has 0 amide bonds. The molecule has 0 aromatic rings. The van der Waals surface area contributed by atoms with Gasteiger partial charge in [-0.15, -0.1) is 0 Å². The lowest BCUT2D eigenvalue weighted by Gasteiger charge is -2.21. The molecule has 0 fully saturated rings. The standard InChI is InChI=1S/C25H52OSi/c1-5-7-9-11-13-15-17-19-21-23-25-27(3,4)26-24-22-20-18-16-14-12-10-8-6-2/h20,22H,5-19,21,23-25H2,1-4H3/b22-20+. The number of allylic oxidation sites excluding steroid dienone is 1. The molecule has 0 aromatic heterocycles. The van der Waals surface area contributed by atoms with E-state index in [9.17, 15) is 0 Å². The molecule has 0 aliphatic rings. The fraction of sp³-hybridized carbons (Fsp3) is 0.920. The first-order valence-corrected chi connectivity index (χ1v) is 15.5. The highest BCUT2D eigenvalue weighted by molar-refractivity contribution is 6.71. The van der Waals surface area contributed by atoms with Crippen molar-refractivity contribution in [2.75, 3.05) is 6.61 Å². The van der Waals surface area contributed by atoms with E-state index in [2.05, 4.69) is 39.1 Å². The first kappa shape index (κ1) is 26.9. The van der Waals surface area contributed by atoms with E-state index in [1.165, 1.54) is 115 Å². The van der Waals surface area contributed by atoms with E-state index in [1.54, 1.807) is 0 Å². The van der Waals surface area contributed by atoms with E-state index < -0.39 is 8.32 Å². The third-order valence-corrected chi connectivity index (χ3v) is 8.10. The molecular formula is C25H52OSi. The Bertz CT molecular complexity index is 311. The van der Waals surface area contributed by atoms with Crippen molar-refractivity contribution in [3.63, 3.8) is 0 Å². The molecule has 0 bridgehead atoms. The molecule has 27 heavy (non-hydrogen) atoms. The van der Waals surface area contributed by atoms with Crippen LogP contribution in [0.3, 0.4) is 0 Å². The van der Waals surface area contributed by atoms with Gasteiger partial charge >= 0.3 is 0 Å². The second-order valence-electron chi connectivity index (χ2n) is 9.03. The predicted molar refractivity (Wildman–Crippen MR) is 127 cm³/mol. The Morgan fingerprint density at radius 2 is 1.00 bits per heavy atom. The smallest absolute Gasteiger partial charge is 0.187 e. The molecule has 0 rings (SSSR count). The zero-order valence-corrected chi connectivity index (χ0v) is 20.5. The van der Waals surface area contributed by atoms with E-state index >= 15 is 0 Å². The van der Waals surface area contributed by atoms with Crippen molar-refractivity contribution in [3.8, 4) is 0 Å². The van der Waals surface area contributed by atoms with Crippen LogP contribution in [-0.4, -0.2) is 14.9 Å². The third-order valence-electron chi connectivity index (χ3n) is 5.59. The van der Waals surface area contributed by atoms with Crippen LogP contribution in [0, 0.1) is 0 Å². The van der Waals surface area contributed by atoms with Crippen molar-refractivity contribution in [3.05, 3.63) is 12.2 Å². The van der Waals surface area contributed by atoms with Gasteiger partial charge in [-0.25, -0.2) is 0 Å². The van der Waals surface area contributed by atoms with Gasteiger partial charge in [0, 0.05) is 0 Å². The lowest BCUT2D eigenvalue weighted by Crippen LogP contribution is -2.30. The van der Waals surface area contributed by atoms with Crippen molar-refractivity contribution >= 4 is 8.32 Å². The SMILES string of the molecule is CCCCCCCC/C=C/CO[Si](C)(C)CCCCCCCCCCCC. The van der Waals surface area contributed by atoms with Crippen molar-refractivity contribution in [2.24, 2.45) is 0 Å². The van der Waals surface area contributed by atoms with Gasteiger partial charge < -0.3 is 4.43 Å². The second kappa shape index (κ2) is 20.6. The second-order valence-corrected chi connectivity index (χ2v) is 13.3. The topological polar surface area (TPSA) is 9.23 Å². The van der Waals surface area contributed by atoms with E-state index in [-0.39, 0.29) is 0 Å². The summed E-state index contributed by atoms with van der Waals surface area (Å²) in [6.07, 6.45) is 28.4. The van der Waals surface area contributed by atoms with Crippen LogP contribution in [0.5, 0.6) is 0 Å². The summed E-state index contributed by atoms with van der Waals surface area (Å²) in [7, 11) is -1.44. The van der Waals surface area contributed by atoms with Gasteiger partial charge in [0.1, 0.15) is 0 Å². The van der Waals surface area contributed by atoms with E-state index in [0.717, 1.165) is 6.61 Å². The van der Waals surface area contributed by atoms with Crippen LogP contribution in [0.25, 0.3) is 0 Å². The number of rotatable bonds is 21. The van der Waals surface area contributed by atoms with Crippen LogP contribution in [0.2, 0.25) is 19.1 Å². The van der Waals surface area contributed by atoms with Gasteiger partial charge in [-0.1, -0.05) is 122 Å². The van der Waals surface area contributed by atoms with Gasteiger partial charge in [0.05, 0.1) is 6.61 Å². The first-order chi connectivity index (χ1) is 13.1. The Morgan fingerprint density at radius 3 is 1.52 bits per heavy atom. The highest BCUT2D eigenvalue weighted by Gasteiger charge is 2.20. The van der Waals surface area contributed by atoms with Crippen LogP contribution < -0.4 is 0 Å². The van der Waals surface area contributed by atoms with Crippen LogP contribution in [-0.2, 0) is 4.43 Å². The largest absolute Gasteiger partial charge is 0.414 e. The fourth-order valence-corrected chi connectivity index (χ4v) is 5.41. The van der Waals surface area contributed by atoms with Gasteiger partial charge in [-0.3, -0.25) is 0 Å². The molecule has 1 nitrogen and oxygen atoms in total.